The first-order chi connectivity index (χ1) is 9.15. The minimum atomic E-state index is -0.383. The van der Waals surface area contributed by atoms with Gasteiger partial charge >= 0.3 is 0 Å². The number of rotatable bonds is 4. The molecule has 104 valence electrons. The van der Waals surface area contributed by atoms with Crippen LogP contribution in [0.25, 0.3) is 0 Å². The Bertz CT molecular complexity index is 447. The average molecular weight is 282 g/mol. The molecule has 1 aromatic rings. The SMILES string of the molecule is CN(CCO)C(=O)[C@@H]1CCCN1C(=O)c1cccs1. The van der Waals surface area contributed by atoms with E-state index in [2.05, 4.69) is 0 Å². The first-order valence-corrected chi connectivity index (χ1v) is 7.23. The van der Waals surface area contributed by atoms with E-state index in [1.165, 1.54) is 16.2 Å². The molecule has 1 aliphatic heterocycles. The molecule has 0 saturated carbocycles. The fourth-order valence-corrected chi connectivity index (χ4v) is 3.00. The van der Waals surface area contributed by atoms with Gasteiger partial charge in [0, 0.05) is 20.1 Å². The summed E-state index contributed by atoms with van der Waals surface area (Å²) in [6.07, 6.45) is 1.55. The number of aliphatic hydroxyl groups excluding tert-OH is 1. The molecule has 1 aromatic heterocycles. The number of amides is 2. The molecule has 1 aliphatic rings. The second kappa shape index (κ2) is 6.16. The second-order valence-corrected chi connectivity index (χ2v) is 5.56. The van der Waals surface area contributed by atoms with Gasteiger partial charge in [-0.1, -0.05) is 6.07 Å². The van der Waals surface area contributed by atoms with Gasteiger partial charge in [-0.05, 0) is 24.3 Å². The molecule has 0 unspecified atom stereocenters. The summed E-state index contributed by atoms with van der Waals surface area (Å²) in [7, 11) is 1.66. The first-order valence-electron chi connectivity index (χ1n) is 6.35. The van der Waals surface area contributed by atoms with Crippen molar-refractivity contribution in [1.82, 2.24) is 9.80 Å². The monoisotopic (exact) mass is 282 g/mol. The van der Waals surface area contributed by atoms with E-state index in [0.717, 1.165) is 6.42 Å². The van der Waals surface area contributed by atoms with E-state index in [4.69, 9.17) is 5.11 Å². The van der Waals surface area contributed by atoms with Crippen LogP contribution in [0.2, 0.25) is 0 Å². The third-order valence-corrected chi connectivity index (χ3v) is 4.20. The molecule has 2 amide bonds. The minimum Gasteiger partial charge on any atom is -0.395 e. The Kier molecular flexibility index (Phi) is 4.55. The highest BCUT2D eigenvalue weighted by Crippen LogP contribution is 2.23. The average Bonchev–Trinajstić information content (AvgIpc) is 3.08. The van der Waals surface area contributed by atoms with Crippen LogP contribution in [0.1, 0.15) is 22.5 Å². The summed E-state index contributed by atoms with van der Waals surface area (Å²) in [5, 5.41) is 10.7. The van der Waals surface area contributed by atoms with Gasteiger partial charge in [0.2, 0.25) is 5.91 Å². The molecule has 0 aromatic carbocycles. The molecule has 19 heavy (non-hydrogen) atoms. The van der Waals surface area contributed by atoms with Crippen LogP contribution in [0, 0.1) is 0 Å². The highest BCUT2D eigenvalue weighted by atomic mass is 32.1. The van der Waals surface area contributed by atoms with Gasteiger partial charge in [0.05, 0.1) is 11.5 Å². The van der Waals surface area contributed by atoms with E-state index in [0.29, 0.717) is 24.4 Å². The summed E-state index contributed by atoms with van der Waals surface area (Å²) in [6.45, 7) is 0.865. The van der Waals surface area contributed by atoms with Crippen molar-refractivity contribution in [2.75, 3.05) is 26.7 Å². The molecule has 2 rings (SSSR count). The van der Waals surface area contributed by atoms with Gasteiger partial charge in [0.25, 0.3) is 5.91 Å². The zero-order chi connectivity index (χ0) is 13.8. The molecule has 2 heterocycles. The van der Waals surface area contributed by atoms with Crippen molar-refractivity contribution in [3.63, 3.8) is 0 Å². The van der Waals surface area contributed by atoms with Gasteiger partial charge in [-0.3, -0.25) is 9.59 Å². The fourth-order valence-electron chi connectivity index (χ4n) is 2.32. The van der Waals surface area contributed by atoms with Crippen LogP contribution in [-0.2, 0) is 4.79 Å². The Balaban J connectivity index is 2.08. The number of carbonyl (C=O) groups is 2. The summed E-state index contributed by atoms with van der Waals surface area (Å²) in [5.74, 6) is -0.153. The normalized spacial score (nSPS) is 18.6. The zero-order valence-corrected chi connectivity index (χ0v) is 11.7. The van der Waals surface area contributed by atoms with Crippen molar-refractivity contribution in [1.29, 1.82) is 0 Å². The Morgan fingerprint density at radius 3 is 3.00 bits per heavy atom. The minimum absolute atomic E-state index is 0.0617. The topological polar surface area (TPSA) is 60.9 Å². The third kappa shape index (κ3) is 2.96. The fraction of sp³-hybridized carbons (Fsp3) is 0.538. The maximum absolute atomic E-state index is 12.3. The maximum Gasteiger partial charge on any atom is 0.264 e. The standard InChI is InChI=1S/C13H18N2O3S/c1-14(7-8-16)12(17)10-4-2-6-15(10)13(18)11-5-3-9-19-11/h3,5,9-10,16H,2,4,6-8H2,1H3/t10-/m0/s1. The van der Waals surface area contributed by atoms with Crippen LogP contribution in [0.3, 0.4) is 0 Å². The number of carbonyl (C=O) groups excluding carboxylic acids is 2. The van der Waals surface area contributed by atoms with Crippen LogP contribution in [0.15, 0.2) is 17.5 Å². The van der Waals surface area contributed by atoms with Crippen molar-refractivity contribution in [2.45, 2.75) is 18.9 Å². The molecule has 1 N–H and O–H groups in total. The number of nitrogens with zero attached hydrogens (tertiary/aromatic N) is 2. The van der Waals surface area contributed by atoms with Crippen LogP contribution in [-0.4, -0.2) is 59.5 Å². The molecular formula is C13H18N2O3S. The highest BCUT2D eigenvalue weighted by Gasteiger charge is 2.36. The highest BCUT2D eigenvalue weighted by molar-refractivity contribution is 7.12. The maximum atomic E-state index is 12.3. The van der Waals surface area contributed by atoms with Crippen molar-refractivity contribution < 1.29 is 14.7 Å². The summed E-state index contributed by atoms with van der Waals surface area (Å²) in [5.41, 5.74) is 0. The molecular weight excluding hydrogens is 264 g/mol. The van der Waals surface area contributed by atoms with Gasteiger partial charge in [-0.2, -0.15) is 0 Å². The lowest BCUT2D eigenvalue weighted by Crippen LogP contribution is -2.47. The Hall–Kier alpha value is -1.40. The smallest absolute Gasteiger partial charge is 0.264 e. The van der Waals surface area contributed by atoms with E-state index in [1.54, 1.807) is 18.0 Å². The van der Waals surface area contributed by atoms with Crippen LogP contribution >= 0.6 is 11.3 Å². The van der Waals surface area contributed by atoms with Crippen molar-refractivity contribution in [2.24, 2.45) is 0 Å². The van der Waals surface area contributed by atoms with Crippen LogP contribution < -0.4 is 0 Å². The number of thiophene rings is 1. The largest absolute Gasteiger partial charge is 0.395 e. The van der Waals surface area contributed by atoms with Gasteiger partial charge < -0.3 is 14.9 Å². The summed E-state index contributed by atoms with van der Waals surface area (Å²) >= 11 is 1.39. The van der Waals surface area contributed by atoms with E-state index < -0.39 is 0 Å². The second-order valence-electron chi connectivity index (χ2n) is 4.62. The number of aliphatic hydroxyl groups is 1. The van der Waals surface area contributed by atoms with Gasteiger partial charge in [-0.25, -0.2) is 0 Å². The lowest BCUT2D eigenvalue weighted by molar-refractivity contribution is -0.134. The van der Waals surface area contributed by atoms with E-state index in [-0.39, 0.29) is 24.5 Å². The predicted molar refractivity (Wildman–Crippen MR) is 73.1 cm³/mol. The molecule has 0 bridgehead atoms. The lowest BCUT2D eigenvalue weighted by Gasteiger charge is -2.27. The molecule has 0 spiro atoms. The van der Waals surface area contributed by atoms with Crippen molar-refractivity contribution in [3.8, 4) is 0 Å². The van der Waals surface area contributed by atoms with Crippen LogP contribution in [0.5, 0.6) is 0 Å². The number of likely N-dealkylation sites (tertiary alicyclic amines) is 1. The molecule has 1 fully saturated rings. The van der Waals surface area contributed by atoms with E-state index >= 15 is 0 Å². The molecule has 5 nitrogen and oxygen atoms in total. The van der Waals surface area contributed by atoms with Gasteiger partial charge in [0.1, 0.15) is 6.04 Å². The van der Waals surface area contributed by atoms with Crippen molar-refractivity contribution >= 4 is 23.2 Å². The number of hydrogen-bond donors (Lipinski definition) is 1. The summed E-state index contributed by atoms with van der Waals surface area (Å²) in [4.78, 5) is 28.4. The molecule has 0 radical (unpaired) electrons. The van der Waals surface area contributed by atoms with Crippen molar-refractivity contribution in [3.05, 3.63) is 22.4 Å². The Labute approximate surface area is 116 Å². The number of hydrogen-bond acceptors (Lipinski definition) is 4. The lowest BCUT2D eigenvalue weighted by atomic mass is 10.2. The zero-order valence-electron chi connectivity index (χ0n) is 10.9. The first kappa shape index (κ1) is 14.0. The Morgan fingerprint density at radius 1 is 1.58 bits per heavy atom. The predicted octanol–water partition coefficient (Wildman–Crippen LogP) is 0.803. The molecule has 1 atom stereocenters. The van der Waals surface area contributed by atoms with Gasteiger partial charge in [0.15, 0.2) is 0 Å². The number of likely N-dealkylation sites (N-methyl/N-ethyl adjacent to an activating group) is 1. The van der Waals surface area contributed by atoms with E-state index in [9.17, 15) is 9.59 Å². The molecule has 0 aliphatic carbocycles. The molecule has 1 saturated heterocycles. The quantitative estimate of drug-likeness (QED) is 0.888. The molecule has 6 heteroatoms. The summed E-state index contributed by atoms with van der Waals surface area (Å²) < 4.78 is 0. The third-order valence-electron chi connectivity index (χ3n) is 3.34. The Morgan fingerprint density at radius 2 is 2.37 bits per heavy atom. The summed E-state index contributed by atoms with van der Waals surface area (Å²) in [6, 6.07) is 3.23. The van der Waals surface area contributed by atoms with E-state index in [1.807, 2.05) is 11.4 Å². The van der Waals surface area contributed by atoms with Crippen LogP contribution in [0.4, 0.5) is 0 Å². The van der Waals surface area contributed by atoms with Gasteiger partial charge in [-0.15, -0.1) is 11.3 Å².